The summed E-state index contributed by atoms with van der Waals surface area (Å²) >= 11 is 0. The molecular formula is C16H14N2O. The molecule has 0 spiro atoms. The van der Waals surface area contributed by atoms with E-state index in [1.807, 2.05) is 49.4 Å². The van der Waals surface area contributed by atoms with Crippen molar-refractivity contribution in [1.29, 1.82) is 0 Å². The first-order valence-corrected chi connectivity index (χ1v) is 6.19. The Morgan fingerprint density at radius 2 is 1.79 bits per heavy atom. The van der Waals surface area contributed by atoms with E-state index >= 15 is 0 Å². The van der Waals surface area contributed by atoms with E-state index in [9.17, 15) is 4.79 Å². The molecule has 3 heteroatoms. The third kappa shape index (κ3) is 1.93. The molecule has 0 saturated carbocycles. The van der Waals surface area contributed by atoms with Crippen molar-refractivity contribution in [1.82, 2.24) is 9.55 Å². The summed E-state index contributed by atoms with van der Waals surface area (Å²) in [6.45, 7) is 2.04. The number of nitrogens with zero attached hydrogens (tertiary/aromatic N) is 2. The molecule has 0 atom stereocenters. The number of benzene rings is 2. The van der Waals surface area contributed by atoms with Crippen molar-refractivity contribution >= 4 is 10.9 Å². The zero-order valence-electron chi connectivity index (χ0n) is 10.9. The van der Waals surface area contributed by atoms with Crippen LogP contribution in [0.3, 0.4) is 0 Å². The van der Waals surface area contributed by atoms with Crippen LogP contribution in [-0.4, -0.2) is 9.55 Å². The van der Waals surface area contributed by atoms with Gasteiger partial charge >= 0.3 is 5.69 Å². The third-order valence-corrected chi connectivity index (χ3v) is 3.31. The van der Waals surface area contributed by atoms with Gasteiger partial charge in [-0.25, -0.2) is 4.79 Å². The number of aromatic nitrogens is 2. The van der Waals surface area contributed by atoms with Crippen molar-refractivity contribution in [3.05, 3.63) is 64.6 Å². The highest BCUT2D eigenvalue weighted by Crippen LogP contribution is 2.25. The molecule has 0 fully saturated rings. The minimum Gasteiger partial charge on any atom is -0.295 e. The molecule has 0 aliphatic carbocycles. The minimum atomic E-state index is -0.227. The number of rotatable bonds is 1. The molecule has 3 nitrogen and oxygen atoms in total. The zero-order chi connectivity index (χ0) is 13.4. The predicted octanol–water partition coefficient (Wildman–Crippen LogP) is 2.91. The summed E-state index contributed by atoms with van der Waals surface area (Å²) in [7, 11) is 1.75. The van der Waals surface area contributed by atoms with Crippen molar-refractivity contribution < 1.29 is 0 Å². The normalized spacial score (nSPS) is 10.8. The summed E-state index contributed by atoms with van der Waals surface area (Å²) in [6.07, 6.45) is 0. The molecular weight excluding hydrogens is 236 g/mol. The fourth-order valence-electron chi connectivity index (χ4n) is 2.28. The van der Waals surface area contributed by atoms with E-state index in [0.29, 0.717) is 0 Å². The van der Waals surface area contributed by atoms with Crippen LogP contribution in [0.25, 0.3) is 22.2 Å². The summed E-state index contributed by atoms with van der Waals surface area (Å²) in [5.74, 6) is 0. The average molecular weight is 250 g/mol. The van der Waals surface area contributed by atoms with Gasteiger partial charge in [0.1, 0.15) is 0 Å². The first-order valence-electron chi connectivity index (χ1n) is 6.19. The van der Waals surface area contributed by atoms with Gasteiger partial charge in [-0.15, -0.1) is 0 Å². The maximum atomic E-state index is 12.0. The molecule has 0 N–H and O–H groups in total. The van der Waals surface area contributed by atoms with Gasteiger partial charge < -0.3 is 0 Å². The second kappa shape index (κ2) is 4.35. The lowest BCUT2D eigenvalue weighted by Gasteiger charge is -2.10. The van der Waals surface area contributed by atoms with Gasteiger partial charge in [-0.05, 0) is 19.1 Å². The molecule has 19 heavy (non-hydrogen) atoms. The highest BCUT2D eigenvalue weighted by atomic mass is 16.1. The molecule has 0 aliphatic heterocycles. The van der Waals surface area contributed by atoms with Crippen molar-refractivity contribution in [2.45, 2.75) is 6.92 Å². The molecule has 0 radical (unpaired) electrons. The van der Waals surface area contributed by atoms with Gasteiger partial charge in [0, 0.05) is 18.0 Å². The van der Waals surface area contributed by atoms with Gasteiger partial charge in [0.05, 0.1) is 11.2 Å². The fraction of sp³-hybridized carbons (Fsp3) is 0.125. The average Bonchev–Trinajstić information content (AvgIpc) is 2.43. The Morgan fingerprint density at radius 3 is 2.53 bits per heavy atom. The lowest BCUT2D eigenvalue weighted by Crippen LogP contribution is -2.21. The Kier molecular flexibility index (Phi) is 2.67. The summed E-state index contributed by atoms with van der Waals surface area (Å²) in [6, 6.07) is 15.9. The Labute approximate surface area is 111 Å². The van der Waals surface area contributed by atoms with E-state index in [-0.39, 0.29) is 5.69 Å². The Morgan fingerprint density at radius 1 is 1.05 bits per heavy atom. The van der Waals surface area contributed by atoms with Crippen LogP contribution in [0, 0.1) is 6.92 Å². The molecule has 3 rings (SSSR count). The van der Waals surface area contributed by atoms with E-state index in [1.54, 1.807) is 11.6 Å². The quantitative estimate of drug-likeness (QED) is 0.665. The summed E-state index contributed by atoms with van der Waals surface area (Å²) in [5, 5.41) is 1.01. The van der Waals surface area contributed by atoms with Crippen molar-refractivity contribution in [3.8, 4) is 11.3 Å². The molecule has 2 aromatic carbocycles. The number of aryl methyl sites for hydroxylation is 2. The standard InChI is InChI=1S/C16H14N2O/c1-11-8-9-14-13(10-11)15(17-16(19)18(14)2)12-6-4-3-5-7-12/h3-10H,1-2H3. The van der Waals surface area contributed by atoms with Crippen LogP contribution in [-0.2, 0) is 7.05 Å². The fourth-order valence-corrected chi connectivity index (χ4v) is 2.28. The Balaban J connectivity index is 2.45. The molecule has 1 heterocycles. The maximum Gasteiger partial charge on any atom is 0.348 e. The summed E-state index contributed by atoms with van der Waals surface area (Å²) in [5.41, 5.74) is 3.56. The molecule has 94 valence electrons. The van der Waals surface area contributed by atoms with Crippen LogP contribution in [0.4, 0.5) is 0 Å². The van der Waals surface area contributed by atoms with E-state index in [4.69, 9.17) is 0 Å². The van der Waals surface area contributed by atoms with Crippen LogP contribution in [0.2, 0.25) is 0 Å². The molecule has 0 amide bonds. The predicted molar refractivity (Wildman–Crippen MR) is 77.2 cm³/mol. The first kappa shape index (κ1) is 11.7. The van der Waals surface area contributed by atoms with Gasteiger partial charge in [0.2, 0.25) is 0 Å². The van der Waals surface area contributed by atoms with E-state index < -0.39 is 0 Å². The molecule has 0 aliphatic rings. The SMILES string of the molecule is Cc1ccc2c(c1)c(-c1ccccc1)nc(=O)n2C. The van der Waals surface area contributed by atoms with E-state index in [0.717, 1.165) is 27.7 Å². The smallest absolute Gasteiger partial charge is 0.295 e. The monoisotopic (exact) mass is 250 g/mol. The highest BCUT2D eigenvalue weighted by molar-refractivity contribution is 5.92. The first-order chi connectivity index (χ1) is 9.16. The lowest BCUT2D eigenvalue weighted by atomic mass is 10.0. The van der Waals surface area contributed by atoms with Crippen molar-refractivity contribution in [3.63, 3.8) is 0 Å². The van der Waals surface area contributed by atoms with Gasteiger partial charge in [0.25, 0.3) is 0 Å². The van der Waals surface area contributed by atoms with Gasteiger partial charge in [-0.1, -0.05) is 42.0 Å². The van der Waals surface area contributed by atoms with Crippen LogP contribution < -0.4 is 5.69 Å². The highest BCUT2D eigenvalue weighted by Gasteiger charge is 2.09. The summed E-state index contributed by atoms with van der Waals surface area (Å²) in [4.78, 5) is 16.2. The number of hydrogen-bond donors (Lipinski definition) is 0. The van der Waals surface area contributed by atoms with Gasteiger partial charge in [-0.3, -0.25) is 4.57 Å². The second-order valence-corrected chi connectivity index (χ2v) is 4.69. The minimum absolute atomic E-state index is 0.227. The largest absolute Gasteiger partial charge is 0.348 e. The topological polar surface area (TPSA) is 34.9 Å². The van der Waals surface area contributed by atoms with Crippen LogP contribution in [0.15, 0.2) is 53.3 Å². The van der Waals surface area contributed by atoms with Crippen LogP contribution in [0.1, 0.15) is 5.56 Å². The summed E-state index contributed by atoms with van der Waals surface area (Å²) < 4.78 is 1.58. The maximum absolute atomic E-state index is 12.0. The molecule has 1 aromatic heterocycles. The second-order valence-electron chi connectivity index (χ2n) is 4.69. The molecule has 0 bridgehead atoms. The Bertz CT molecular complexity index is 804. The Hall–Kier alpha value is -2.42. The van der Waals surface area contributed by atoms with Crippen LogP contribution >= 0.6 is 0 Å². The lowest BCUT2D eigenvalue weighted by molar-refractivity contribution is 0.855. The van der Waals surface area contributed by atoms with Gasteiger partial charge in [0.15, 0.2) is 0 Å². The number of hydrogen-bond acceptors (Lipinski definition) is 2. The zero-order valence-corrected chi connectivity index (χ0v) is 10.9. The third-order valence-electron chi connectivity index (χ3n) is 3.31. The molecule has 0 unspecified atom stereocenters. The van der Waals surface area contributed by atoms with E-state index in [2.05, 4.69) is 11.1 Å². The van der Waals surface area contributed by atoms with Crippen LogP contribution in [0.5, 0.6) is 0 Å². The molecule has 0 saturated heterocycles. The van der Waals surface area contributed by atoms with Crippen molar-refractivity contribution in [2.24, 2.45) is 7.05 Å². The number of fused-ring (bicyclic) bond motifs is 1. The van der Waals surface area contributed by atoms with E-state index in [1.165, 1.54) is 0 Å². The molecule has 3 aromatic rings. The van der Waals surface area contributed by atoms with Crippen molar-refractivity contribution in [2.75, 3.05) is 0 Å². The van der Waals surface area contributed by atoms with Gasteiger partial charge in [-0.2, -0.15) is 4.98 Å².